The Hall–Kier alpha value is -12.6. The predicted molar refractivity (Wildman–Crippen MR) is 445 cm³/mol. The lowest BCUT2D eigenvalue weighted by atomic mass is 9.85. The molecule has 9 amide bonds. The number of benzene rings is 7. The molecule has 12 atom stereocenters. The van der Waals surface area contributed by atoms with Gasteiger partial charge in [0.2, 0.25) is 53.2 Å². The first-order valence-corrected chi connectivity index (χ1v) is 40.3. The fraction of sp³-hybridized carbons (Fsp3) is 0.409. The summed E-state index contributed by atoms with van der Waals surface area (Å²) in [5.74, 6) is -9.41. The maximum atomic E-state index is 15.6. The highest BCUT2D eigenvalue weighted by Gasteiger charge is 2.50. The van der Waals surface area contributed by atoms with Crippen LogP contribution in [0, 0.1) is 22.5 Å². The van der Waals surface area contributed by atoms with E-state index in [2.05, 4.69) is 69.1 Å². The van der Waals surface area contributed by atoms with Crippen molar-refractivity contribution >= 4 is 80.7 Å². The average molecular weight is 1660 g/mol. The van der Waals surface area contributed by atoms with Crippen LogP contribution in [-0.2, 0) is 86.8 Å². The molecule has 15 rings (SSSR count). The van der Waals surface area contributed by atoms with Crippen molar-refractivity contribution in [3.8, 4) is 17.2 Å². The number of likely N-dealkylation sites (N-methyl/N-ethyl adjacent to an activating group) is 2. The second-order valence-electron chi connectivity index (χ2n) is 33.4. The number of amides is 9. The van der Waals surface area contributed by atoms with Crippen LogP contribution in [0.2, 0.25) is 0 Å². The zero-order chi connectivity index (χ0) is 86.7. The third-order valence-electron chi connectivity index (χ3n) is 22.4. The maximum Gasteiger partial charge on any atom is 0.326 e. The lowest BCUT2D eigenvalue weighted by Gasteiger charge is -2.36. The summed E-state index contributed by atoms with van der Waals surface area (Å²) >= 11 is 0. The van der Waals surface area contributed by atoms with E-state index < -0.39 is 166 Å². The number of halogens is 2. The van der Waals surface area contributed by atoms with Crippen LogP contribution in [0.15, 0.2) is 164 Å². The predicted octanol–water partition coefficient (Wildman–Crippen LogP) is 5.01. The van der Waals surface area contributed by atoms with E-state index in [0.29, 0.717) is 45.1 Å². The number of methoxy groups -OCH3 is 1. The van der Waals surface area contributed by atoms with E-state index in [0.717, 1.165) is 40.8 Å². The third-order valence-corrected chi connectivity index (χ3v) is 22.4. The number of aromatic nitrogens is 3. The van der Waals surface area contributed by atoms with Gasteiger partial charge in [-0.2, -0.15) is 0 Å². The van der Waals surface area contributed by atoms with E-state index in [-0.39, 0.29) is 70.4 Å². The molecule has 0 unspecified atom stereocenters. The lowest BCUT2D eigenvalue weighted by Crippen LogP contribution is -2.61. The van der Waals surface area contributed by atoms with Gasteiger partial charge in [0, 0.05) is 64.4 Å². The second-order valence-corrected chi connectivity index (χ2v) is 33.4. The summed E-state index contributed by atoms with van der Waals surface area (Å²) in [4.78, 5) is 151. The van der Waals surface area contributed by atoms with Crippen molar-refractivity contribution in [1.29, 1.82) is 0 Å². The number of nitrogens with one attached hydrogen (secondary N) is 11. The number of fused-ring (bicyclic) bond motifs is 2. The molecule has 7 aromatic carbocycles. The number of carbonyl (C=O) groups is 10. The fourth-order valence-electron chi connectivity index (χ4n) is 15.2. The van der Waals surface area contributed by atoms with Crippen molar-refractivity contribution in [2.45, 2.75) is 180 Å². The number of carbonyl (C=O) groups excluding carboxylic acids is 9. The molecule has 8 heterocycles. The topological polar surface area (TPSA) is 391 Å². The maximum absolute atomic E-state index is 15.6. The van der Waals surface area contributed by atoms with Crippen LogP contribution in [0.3, 0.4) is 0 Å². The second kappa shape index (κ2) is 38.2. The average Bonchev–Trinajstić information content (AvgIpc) is 1.64. The Morgan fingerprint density at radius 2 is 1.04 bits per heavy atom. The fourth-order valence-corrected chi connectivity index (χ4v) is 15.2. The molecule has 12 bridgehead atoms. The Kier molecular flexibility index (Phi) is 27.7. The van der Waals surface area contributed by atoms with E-state index in [4.69, 9.17) is 14.2 Å². The smallest absolute Gasteiger partial charge is 0.326 e. The Morgan fingerprint density at radius 1 is 0.579 bits per heavy atom. The molecule has 31 nitrogen and oxygen atoms in total. The number of likely N-dealkylation sites (tertiary alicyclic amines) is 2. The monoisotopic (exact) mass is 1660 g/mol. The molecule has 2 fully saturated rings. The number of nitrogens with zero attached hydrogens (tertiary/aromatic N) is 6. The molecule has 12 N–H and O–H groups in total. The van der Waals surface area contributed by atoms with Crippen molar-refractivity contribution in [1.82, 2.24) is 88.6 Å². The van der Waals surface area contributed by atoms with Crippen LogP contribution in [0.5, 0.6) is 17.2 Å². The zero-order valence-electron chi connectivity index (χ0n) is 69.4. The van der Waals surface area contributed by atoms with Crippen molar-refractivity contribution in [2.75, 3.05) is 40.9 Å². The van der Waals surface area contributed by atoms with Gasteiger partial charge in [-0.15, -0.1) is 10.6 Å². The van der Waals surface area contributed by atoms with Gasteiger partial charge in [0.15, 0.2) is 17.4 Å². The zero-order valence-corrected chi connectivity index (χ0v) is 69.4. The van der Waals surface area contributed by atoms with Crippen molar-refractivity contribution in [3.63, 3.8) is 0 Å². The molecule has 1 aromatic heterocycles. The van der Waals surface area contributed by atoms with Gasteiger partial charge in [0.1, 0.15) is 78.7 Å². The molecular weight excluding hydrogens is 1560 g/mol. The molecule has 2 saturated heterocycles. The Bertz CT molecular complexity index is 5170. The molecule has 640 valence electrons. The summed E-state index contributed by atoms with van der Waals surface area (Å²) in [7, 11) is 4.32. The number of aliphatic carboxylic acids is 1. The third kappa shape index (κ3) is 21.7. The van der Waals surface area contributed by atoms with Crippen molar-refractivity contribution in [2.24, 2.45) is 10.8 Å². The highest BCUT2D eigenvalue weighted by Crippen LogP contribution is 2.34. The van der Waals surface area contributed by atoms with Crippen LogP contribution in [0.1, 0.15) is 108 Å². The van der Waals surface area contributed by atoms with Crippen molar-refractivity contribution in [3.05, 3.63) is 209 Å². The molecule has 0 radical (unpaired) electrons. The molecule has 8 aromatic rings. The minimum atomic E-state index is -1.53. The molecule has 0 aliphatic carbocycles. The van der Waals surface area contributed by atoms with Crippen LogP contribution < -0.4 is 73.0 Å². The normalized spacial score (nSPS) is 21.3. The van der Waals surface area contributed by atoms with Gasteiger partial charge in [-0.1, -0.05) is 156 Å². The number of ether oxygens (including phenoxy) is 3. The van der Waals surface area contributed by atoms with E-state index in [1.807, 2.05) is 78.9 Å². The SMILES string of the molecule is CN[C@@H](C)C(=O)N[C@H](C(=O)N1C[C@@H]2C[C@H]1C(=O)N[C@@H](Cc1ccc3ccccc3c1)C(=O)N[C@H](C(=O)O)Cc1ccc(cc1)OCc1cn(nn1)[C@H]1C[C@@H](C(=O)N[C@@H](Cc3ccc4ccccc4c3)C(=O)N[C@H](C(=O)NCc3cc(F)c(OC)c(F)c3)Cc3ccc(cc3)OCC3=CN2NN3)N(C(=O)[C@@H](NC(=O)[C@H](C)NC)C(C)(C)C)C1)C(C)(C)C. The minimum Gasteiger partial charge on any atom is -0.491 e. The summed E-state index contributed by atoms with van der Waals surface area (Å²) in [5.41, 5.74) is 7.46. The van der Waals surface area contributed by atoms with Crippen LogP contribution in [0.25, 0.3) is 21.5 Å². The molecule has 0 spiro atoms. The number of carboxylic acids is 1. The molecule has 0 saturated carbocycles. The molecule has 33 heteroatoms. The largest absolute Gasteiger partial charge is 0.491 e. The Labute approximate surface area is 699 Å². The summed E-state index contributed by atoms with van der Waals surface area (Å²) in [6, 6.07) is 27.7. The highest BCUT2D eigenvalue weighted by atomic mass is 19.1. The lowest BCUT2D eigenvalue weighted by molar-refractivity contribution is -0.145. The minimum absolute atomic E-state index is 0.0178. The quantitative estimate of drug-likeness (QED) is 0.0570. The van der Waals surface area contributed by atoms with E-state index in [1.54, 1.807) is 141 Å². The summed E-state index contributed by atoms with van der Waals surface area (Å²) in [5, 5.41) is 50.7. The van der Waals surface area contributed by atoms with Crippen molar-refractivity contribution < 1.29 is 76.0 Å². The molecule has 121 heavy (non-hydrogen) atoms. The van der Waals surface area contributed by atoms with Crippen LogP contribution >= 0.6 is 0 Å². The number of hydrogen-bond acceptors (Lipinski definition) is 20. The molecule has 7 aliphatic rings. The summed E-state index contributed by atoms with van der Waals surface area (Å²) in [6.45, 7) is 13.1. The first kappa shape index (κ1) is 87.7. The van der Waals surface area contributed by atoms with Crippen LogP contribution in [-0.4, -0.2) is 201 Å². The van der Waals surface area contributed by atoms with Gasteiger partial charge in [-0.05, 0) is 125 Å². The molecular formula is C88H105F2N17O14. The van der Waals surface area contributed by atoms with Crippen LogP contribution in [0.4, 0.5) is 8.78 Å². The van der Waals surface area contributed by atoms with Gasteiger partial charge in [0.25, 0.3) is 0 Å². The Balaban J connectivity index is 0.894. The molecule has 7 aliphatic heterocycles. The van der Waals surface area contributed by atoms with Gasteiger partial charge >= 0.3 is 5.97 Å². The standard InChI is InChI=1S/C88H105F2N17O14/c1-49(91-9)77(108)98-75(87(3,4)5)84(115)104-45-62-40-72(104)82(113)95-69(38-53-20-26-56-16-12-14-18-58(56)32-53)80(111)94-68(79(110)93-42-55-34-66(89)74(119-11)67(90)35-55)36-51-22-28-64(29-23-51)120-47-60-43-107(102-100-60)63-41-73(105(46-63)85(116)76(88(6,7)8)99-78(109)50(2)92-10)83(114)96-70(39-54-21-27-57-17-13-15-19-59(57)33-54)81(112)97-71(86(117)118)37-52-24-30-65(31-25-52)121-48-61-44-106(62)103-101-61/h12-35,43-44,49-50,62-63,68-73,75-76,91-92,100,102H,36-42,45-48H2,1-11H3,(H,93,110)(H,94,111)(H,95,113)(H,96,114)(H,97,112)(H,98,108)(H,99,109)(H,117,118)/t49-,50-,62-,63-,68-,69-,70-,71-,72-,73-,75+,76+/m0/s1. The first-order valence-electron chi connectivity index (χ1n) is 40.3. The van der Waals surface area contributed by atoms with E-state index in [1.165, 1.54) is 14.5 Å². The van der Waals surface area contributed by atoms with Gasteiger partial charge < -0.3 is 82.4 Å². The number of rotatable bonds is 17. The number of hydrogen-bond donors (Lipinski definition) is 12. The van der Waals surface area contributed by atoms with E-state index in [9.17, 15) is 24.3 Å². The van der Waals surface area contributed by atoms with Gasteiger partial charge in [-0.3, -0.25) is 48.2 Å². The number of hydrazine groups is 2. The first-order chi connectivity index (χ1) is 57.7. The van der Waals surface area contributed by atoms with Gasteiger partial charge in [0.05, 0.1) is 43.2 Å². The number of carboxylic acid groups (broad SMARTS) is 1. The van der Waals surface area contributed by atoms with Gasteiger partial charge in [-0.25, -0.2) is 18.3 Å². The highest BCUT2D eigenvalue weighted by molar-refractivity contribution is 5.99. The Morgan fingerprint density at radius 3 is 1.52 bits per heavy atom. The summed E-state index contributed by atoms with van der Waals surface area (Å²) < 4.78 is 49.3. The van der Waals surface area contributed by atoms with E-state index >= 15 is 37.5 Å². The summed E-state index contributed by atoms with van der Waals surface area (Å²) in [6.07, 6.45) is 2.55.